The average molecular weight is 571 g/mol. The molecular weight excluding hydrogens is 540 g/mol. The number of nitrogens with zero attached hydrogens (tertiary/aromatic N) is 4. The zero-order chi connectivity index (χ0) is 27.9. The molecule has 1 aliphatic heterocycles. The molecular formula is C27H31ClN6O4S. The highest BCUT2D eigenvalue weighted by Crippen LogP contribution is 2.25. The monoisotopic (exact) mass is 570 g/mol. The Morgan fingerprint density at radius 2 is 1.82 bits per heavy atom. The first-order valence-corrected chi connectivity index (χ1v) is 14.0. The summed E-state index contributed by atoms with van der Waals surface area (Å²) >= 11 is 7.42. The van der Waals surface area contributed by atoms with Gasteiger partial charge in [-0.15, -0.1) is 10.2 Å². The molecule has 0 aliphatic carbocycles. The van der Waals surface area contributed by atoms with Gasteiger partial charge in [0.25, 0.3) is 11.8 Å². The van der Waals surface area contributed by atoms with Crippen molar-refractivity contribution in [2.75, 3.05) is 37.4 Å². The van der Waals surface area contributed by atoms with Gasteiger partial charge < -0.3 is 24.8 Å². The molecule has 39 heavy (non-hydrogen) atoms. The van der Waals surface area contributed by atoms with Crippen LogP contribution in [0.4, 0.5) is 5.69 Å². The van der Waals surface area contributed by atoms with Crippen LogP contribution in [-0.2, 0) is 16.6 Å². The molecule has 1 aromatic heterocycles. The molecule has 3 aromatic rings. The number of morpholine rings is 1. The number of aromatic nitrogens is 3. The van der Waals surface area contributed by atoms with E-state index in [1.807, 2.05) is 13.8 Å². The highest BCUT2D eigenvalue weighted by Gasteiger charge is 2.26. The lowest BCUT2D eigenvalue weighted by molar-refractivity contribution is -0.113. The van der Waals surface area contributed by atoms with Gasteiger partial charge >= 0.3 is 0 Å². The first-order valence-electron chi connectivity index (χ1n) is 12.6. The fraction of sp³-hybridized carbons (Fsp3) is 0.370. The maximum absolute atomic E-state index is 12.9. The van der Waals surface area contributed by atoms with Crippen molar-refractivity contribution in [2.24, 2.45) is 13.0 Å². The Hall–Kier alpha value is -3.41. The molecule has 10 nitrogen and oxygen atoms in total. The predicted octanol–water partition coefficient (Wildman–Crippen LogP) is 3.80. The molecule has 0 saturated carbocycles. The van der Waals surface area contributed by atoms with E-state index in [1.54, 1.807) is 65.0 Å². The number of carbonyl (C=O) groups is 3. The number of thioether (sulfide) groups is 1. The SMILES string of the molecule is CC(C)[C@H](NC(=O)c1ccccc1Cl)c1nnc(SCC(=O)Nc2cccc(C(=O)N3CCOCC3)c2)n1C. The highest BCUT2D eigenvalue weighted by molar-refractivity contribution is 7.99. The lowest BCUT2D eigenvalue weighted by atomic mass is 10.0. The van der Waals surface area contributed by atoms with E-state index in [-0.39, 0.29) is 29.4 Å². The number of rotatable bonds is 9. The van der Waals surface area contributed by atoms with Gasteiger partial charge in [0.05, 0.1) is 35.6 Å². The van der Waals surface area contributed by atoms with E-state index in [1.165, 1.54) is 11.8 Å². The summed E-state index contributed by atoms with van der Waals surface area (Å²) in [6.07, 6.45) is 0. The van der Waals surface area contributed by atoms with Crippen LogP contribution in [0.15, 0.2) is 53.7 Å². The van der Waals surface area contributed by atoms with Crippen molar-refractivity contribution in [3.05, 3.63) is 70.5 Å². The zero-order valence-corrected chi connectivity index (χ0v) is 23.6. The van der Waals surface area contributed by atoms with Crippen LogP contribution in [0, 0.1) is 5.92 Å². The molecule has 0 spiro atoms. The van der Waals surface area contributed by atoms with Crippen LogP contribution in [0.2, 0.25) is 5.02 Å². The summed E-state index contributed by atoms with van der Waals surface area (Å²) in [6.45, 7) is 6.10. The Morgan fingerprint density at radius 3 is 2.54 bits per heavy atom. The zero-order valence-electron chi connectivity index (χ0n) is 22.0. The van der Waals surface area contributed by atoms with Gasteiger partial charge in [-0.1, -0.05) is 55.4 Å². The van der Waals surface area contributed by atoms with Crippen molar-refractivity contribution >= 4 is 46.8 Å². The molecule has 2 aromatic carbocycles. The van der Waals surface area contributed by atoms with Gasteiger partial charge in [0.15, 0.2) is 11.0 Å². The fourth-order valence-electron chi connectivity index (χ4n) is 4.12. The van der Waals surface area contributed by atoms with Crippen LogP contribution < -0.4 is 10.6 Å². The number of amides is 3. The molecule has 2 heterocycles. The van der Waals surface area contributed by atoms with Crippen molar-refractivity contribution in [3.8, 4) is 0 Å². The third-order valence-electron chi connectivity index (χ3n) is 6.24. The van der Waals surface area contributed by atoms with Crippen molar-refractivity contribution in [1.82, 2.24) is 25.0 Å². The summed E-state index contributed by atoms with van der Waals surface area (Å²) < 4.78 is 7.09. The standard InChI is InChI=1S/C27H31ClN6O4S/c1-17(2)23(30-25(36)20-9-4-5-10-21(20)28)24-31-32-27(33(24)3)39-16-22(35)29-19-8-6-7-18(15-19)26(37)34-11-13-38-14-12-34/h4-10,15,17,23H,11-14,16H2,1-3H3,(H,29,35)(H,30,36)/t23-/m0/s1. The predicted molar refractivity (Wildman–Crippen MR) is 150 cm³/mol. The first kappa shape index (κ1) is 28.6. The molecule has 1 saturated heterocycles. The number of hydrogen-bond acceptors (Lipinski definition) is 7. The Kier molecular flexibility index (Phi) is 9.60. The summed E-state index contributed by atoms with van der Waals surface area (Å²) in [5.41, 5.74) is 1.44. The topological polar surface area (TPSA) is 118 Å². The lowest BCUT2D eigenvalue weighted by Gasteiger charge is -2.27. The summed E-state index contributed by atoms with van der Waals surface area (Å²) in [5, 5.41) is 15.3. The second kappa shape index (κ2) is 13.1. The van der Waals surface area contributed by atoms with E-state index in [0.717, 1.165) is 0 Å². The number of anilines is 1. The van der Waals surface area contributed by atoms with Crippen molar-refractivity contribution in [2.45, 2.75) is 25.0 Å². The third kappa shape index (κ3) is 7.17. The molecule has 0 unspecified atom stereocenters. The Balaban J connectivity index is 1.37. The maximum Gasteiger partial charge on any atom is 0.254 e. The first-order chi connectivity index (χ1) is 18.7. The van der Waals surface area contributed by atoms with Gasteiger partial charge in [-0.2, -0.15) is 0 Å². The lowest BCUT2D eigenvalue weighted by Crippen LogP contribution is -2.40. The van der Waals surface area contributed by atoms with E-state index in [0.29, 0.717) is 59.1 Å². The second-order valence-electron chi connectivity index (χ2n) is 9.40. The molecule has 12 heteroatoms. The molecule has 206 valence electrons. The molecule has 2 N–H and O–H groups in total. The van der Waals surface area contributed by atoms with E-state index in [4.69, 9.17) is 16.3 Å². The van der Waals surface area contributed by atoms with E-state index in [9.17, 15) is 14.4 Å². The second-order valence-corrected chi connectivity index (χ2v) is 10.7. The largest absolute Gasteiger partial charge is 0.378 e. The minimum absolute atomic E-state index is 0.0212. The van der Waals surface area contributed by atoms with Gasteiger partial charge in [0.1, 0.15) is 0 Å². The molecule has 3 amide bonds. The van der Waals surface area contributed by atoms with E-state index < -0.39 is 6.04 Å². The Morgan fingerprint density at radius 1 is 1.08 bits per heavy atom. The highest BCUT2D eigenvalue weighted by atomic mass is 35.5. The summed E-state index contributed by atoms with van der Waals surface area (Å²) in [5.74, 6) is 0.0526. The Labute approximate surface area is 236 Å². The van der Waals surface area contributed by atoms with Crippen LogP contribution in [0.25, 0.3) is 0 Å². The number of carbonyl (C=O) groups excluding carboxylic acids is 3. The fourth-order valence-corrected chi connectivity index (χ4v) is 5.06. The molecule has 0 bridgehead atoms. The third-order valence-corrected chi connectivity index (χ3v) is 7.59. The van der Waals surface area contributed by atoms with Gasteiger partial charge in [-0.25, -0.2) is 0 Å². The quantitative estimate of drug-likeness (QED) is 0.376. The number of hydrogen-bond donors (Lipinski definition) is 2. The number of ether oxygens (including phenoxy) is 1. The molecule has 0 radical (unpaired) electrons. The van der Waals surface area contributed by atoms with Crippen LogP contribution >= 0.6 is 23.4 Å². The summed E-state index contributed by atoms with van der Waals surface area (Å²) in [4.78, 5) is 40.1. The number of nitrogens with one attached hydrogen (secondary N) is 2. The summed E-state index contributed by atoms with van der Waals surface area (Å²) in [7, 11) is 1.80. The van der Waals surface area contributed by atoms with Gasteiger partial charge in [-0.3, -0.25) is 14.4 Å². The smallest absolute Gasteiger partial charge is 0.254 e. The molecule has 1 aliphatic rings. The number of halogens is 1. The van der Waals surface area contributed by atoms with Crippen molar-refractivity contribution < 1.29 is 19.1 Å². The molecule has 4 rings (SSSR count). The van der Waals surface area contributed by atoms with Gasteiger partial charge in [0.2, 0.25) is 5.91 Å². The average Bonchev–Trinajstić information content (AvgIpc) is 3.30. The Bertz CT molecular complexity index is 1340. The summed E-state index contributed by atoms with van der Waals surface area (Å²) in [6, 6.07) is 13.3. The molecule has 1 fully saturated rings. The van der Waals surface area contributed by atoms with Crippen LogP contribution in [-0.4, -0.2) is 69.4 Å². The minimum Gasteiger partial charge on any atom is -0.378 e. The van der Waals surface area contributed by atoms with Crippen LogP contribution in [0.1, 0.15) is 46.4 Å². The van der Waals surface area contributed by atoms with Crippen LogP contribution in [0.3, 0.4) is 0 Å². The maximum atomic E-state index is 12.9. The van der Waals surface area contributed by atoms with Crippen LogP contribution in [0.5, 0.6) is 0 Å². The minimum atomic E-state index is -0.416. The van der Waals surface area contributed by atoms with Crippen molar-refractivity contribution in [1.29, 1.82) is 0 Å². The van der Waals surface area contributed by atoms with E-state index >= 15 is 0 Å². The molecule has 1 atom stereocenters. The van der Waals surface area contributed by atoms with Gasteiger partial charge in [0, 0.05) is 31.4 Å². The van der Waals surface area contributed by atoms with Gasteiger partial charge in [-0.05, 0) is 36.2 Å². The van der Waals surface area contributed by atoms with Crippen molar-refractivity contribution in [3.63, 3.8) is 0 Å². The number of benzene rings is 2. The van der Waals surface area contributed by atoms with E-state index in [2.05, 4.69) is 20.8 Å². The normalized spacial score (nSPS) is 14.2.